The van der Waals surface area contributed by atoms with Gasteiger partial charge in [-0.15, -0.1) is 11.3 Å². The summed E-state index contributed by atoms with van der Waals surface area (Å²) in [4.78, 5) is 12.0. The van der Waals surface area contributed by atoms with Crippen LogP contribution in [0.2, 0.25) is 0 Å². The Balaban J connectivity index is 2.89. The molecule has 0 aromatic carbocycles. The van der Waals surface area contributed by atoms with Crippen LogP contribution in [0.4, 0.5) is 4.79 Å². The van der Waals surface area contributed by atoms with Crippen LogP contribution in [-0.4, -0.2) is 28.0 Å². The molecule has 0 atom stereocenters. The summed E-state index contributed by atoms with van der Waals surface area (Å²) >= 11 is 1.54. The van der Waals surface area contributed by atoms with Gasteiger partial charge in [-0.3, -0.25) is 0 Å². The van der Waals surface area contributed by atoms with Crippen LogP contribution in [0.25, 0.3) is 0 Å². The molecule has 1 aromatic heterocycles. The Hall–Kier alpha value is -1.36. The SMILES string of the molecule is Cc1ccsc1/C=N/N(C(=O)O)C(C)(C)C. The van der Waals surface area contributed by atoms with Crippen molar-refractivity contribution in [3.05, 3.63) is 21.9 Å². The van der Waals surface area contributed by atoms with Crippen molar-refractivity contribution < 1.29 is 9.90 Å². The third kappa shape index (κ3) is 3.06. The number of hydrazone groups is 1. The summed E-state index contributed by atoms with van der Waals surface area (Å²) in [6, 6.07) is 1.98. The van der Waals surface area contributed by atoms with Gasteiger partial charge in [-0.2, -0.15) is 10.1 Å². The van der Waals surface area contributed by atoms with Crippen LogP contribution < -0.4 is 0 Å². The molecule has 1 amide bonds. The molecule has 0 fully saturated rings. The highest BCUT2D eigenvalue weighted by atomic mass is 32.1. The highest BCUT2D eigenvalue weighted by molar-refractivity contribution is 7.11. The van der Waals surface area contributed by atoms with E-state index in [1.54, 1.807) is 38.3 Å². The second kappa shape index (κ2) is 4.65. The van der Waals surface area contributed by atoms with Crippen molar-refractivity contribution in [1.29, 1.82) is 0 Å². The van der Waals surface area contributed by atoms with Crippen molar-refractivity contribution in [3.8, 4) is 0 Å². The average Bonchev–Trinajstić information content (AvgIpc) is 2.49. The third-order valence-electron chi connectivity index (χ3n) is 2.01. The number of nitrogens with zero attached hydrogens (tertiary/aromatic N) is 2. The lowest BCUT2D eigenvalue weighted by molar-refractivity contribution is 0.103. The van der Waals surface area contributed by atoms with Crippen LogP contribution in [0, 0.1) is 6.92 Å². The fourth-order valence-electron chi connectivity index (χ4n) is 1.14. The van der Waals surface area contributed by atoms with Gasteiger partial charge in [0.25, 0.3) is 0 Å². The Morgan fingerprint density at radius 1 is 1.56 bits per heavy atom. The molecule has 0 aliphatic heterocycles. The number of carboxylic acid groups (broad SMARTS) is 1. The molecule has 0 unspecified atom stereocenters. The predicted molar refractivity (Wildman–Crippen MR) is 66.3 cm³/mol. The monoisotopic (exact) mass is 240 g/mol. The van der Waals surface area contributed by atoms with E-state index in [1.807, 2.05) is 18.4 Å². The average molecular weight is 240 g/mol. The summed E-state index contributed by atoms with van der Waals surface area (Å²) in [5.41, 5.74) is 0.570. The van der Waals surface area contributed by atoms with Crippen molar-refractivity contribution >= 4 is 23.6 Å². The van der Waals surface area contributed by atoms with Gasteiger partial charge < -0.3 is 5.11 Å². The highest BCUT2D eigenvalue weighted by Gasteiger charge is 2.25. The largest absolute Gasteiger partial charge is 0.464 e. The number of rotatable bonds is 2. The zero-order chi connectivity index (χ0) is 12.3. The summed E-state index contributed by atoms with van der Waals surface area (Å²) in [5.74, 6) is 0. The summed E-state index contributed by atoms with van der Waals surface area (Å²) in [6.45, 7) is 7.39. The van der Waals surface area contributed by atoms with E-state index < -0.39 is 11.6 Å². The maximum Gasteiger partial charge on any atom is 0.428 e. The van der Waals surface area contributed by atoms with E-state index in [-0.39, 0.29) is 0 Å². The van der Waals surface area contributed by atoms with Crippen LogP contribution in [0.5, 0.6) is 0 Å². The maximum absolute atomic E-state index is 11.0. The van der Waals surface area contributed by atoms with Gasteiger partial charge in [0.2, 0.25) is 0 Å². The van der Waals surface area contributed by atoms with E-state index in [9.17, 15) is 4.79 Å². The molecule has 5 heteroatoms. The van der Waals surface area contributed by atoms with Crippen LogP contribution in [0.3, 0.4) is 0 Å². The molecule has 1 N–H and O–H groups in total. The Labute approximate surface area is 99.2 Å². The van der Waals surface area contributed by atoms with Gasteiger partial charge in [0.15, 0.2) is 0 Å². The predicted octanol–water partition coefficient (Wildman–Crippen LogP) is 3.17. The van der Waals surface area contributed by atoms with Gasteiger partial charge in [-0.1, -0.05) is 0 Å². The number of amides is 1. The zero-order valence-corrected chi connectivity index (χ0v) is 10.7. The smallest absolute Gasteiger partial charge is 0.428 e. The van der Waals surface area contributed by atoms with Crippen molar-refractivity contribution in [2.75, 3.05) is 0 Å². The molecule has 88 valence electrons. The molecule has 16 heavy (non-hydrogen) atoms. The molecule has 0 aliphatic carbocycles. The first-order chi connectivity index (χ1) is 7.32. The standard InChI is InChI=1S/C11H16N2O2S/c1-8-5-6-16-9(8)7-12-13(10(14)15)11(2,3)4/h5-7H,1-4H3,(H,14,15)/b12-7+. The zero-order valence-electron chi connectivity index (χ0n) is 9.89. The second-order valence-electron chi connectivity index (χ2n) is 4.48. The van der Waals surface area contributed by atoms with Gasteiger partial charge in [0.05, 0.1) is 11.8 Å². The van der Waals surface area contributed by atoms with E-state index in [0.717, 1.165) is 15.4 Å². The van der Waals surface area contributed by atoms with Crippen molar-refractivity contribution in [2.45, 2.75) is 33.2 Å². The van der Waals surface area contributed by atoms with E-state index in [0.29, 0.717) is 0 Å². The molecule has 0 radical (unpaired) electrons. The number of hydrogen-bond acceptors (Lipinski definition) is 3. The van der Waals surface area contributed by atoms with Crippen LogP contribution in [0.15, 0.2) is 16.5 Å². The lowest BCUT2D eigenvalue weighted by atomic mass is 10.1. The highest BCUT2D eigenvalue weighted by Crippen LogP contribution is 2.16. The first kappa shape index (κ1) is 12.7. The molecular weight excluding hydrogens is 224 g/mol. The second-order valence-corrected chi connectivity index (χ2v) is 5.43. The topological polar surface area (TPSA) is 52.9 Å². The summed E-state index contributed by atoms with van der Waals surface area (Å²) in [7, 11) is 0. The molecule has 0 aliphatic rings. The number of thiophene rings is 1. The third-order valence-corrected chi connectivity index (χ3v) is 2.96. The number of aryl methyl sites for hydroxylation is 1. The number of carbonyl (C=O) groups is 1. The Kier molecular flexibility index (Phi) is 3.70. The van der Waals surface area contributed by atoms with E-state index in [1.165, 1.54) is 0 Å². The molecule has 0 saturated heterocycles. The van der Waals surface area contributed by atoms with E-state index in [4.69, 9.17) is 5.11 Å². The quantitative estimate of drug-likeness (QED) is 0.637. The Bertz CT molecular complexity index is 404. The minimum Gasteiger partial charge on any atom is -0.464 e. The first-order valence-corrected chi connectivity index (χ1v) is 5.81. The fourth-order valence-corrected chi connectivity index (χ4v) is 1.92. The first-order valence-electron chi connectivity index (χ1n) is 4.93. The molecule has 0 saturated carbocycles. The van der Waals surface area contributed by atoms with Gasteiger partial charge in [0, 0.05) is 4.88 Å². The Morgan fingerprint density at radius 3 is 2.56 bits per heavy atom. The maximum atomic E-state index is 11.0. The summed E-state index contributed by atoms with van der Waals surface area (Å²) in [5, 5.41) is 16.1. The molecule has 0 spiro atoms. The lowest BCUT2D eigenvalue weighted by Gasteiger charge is -2.27. The van der Waals surface area contributed by atoms with Gasteiger partial charge in [-0.05, 0) is 44.7 Å². The molecular formula is C11H16N2O2S. The minimum atomic E-state index is -1.04. The van der Waals surface area contributed by atoms with Gasteiger partial charge in [-0.25, -0.2) is 4.79 Å². The summed E-state index contributed by atoms with van der Waals surface area (Å²) in [6.07, 6.45) is 0.553. The minimum absolute atomic E-state index is 0.534. The van der Waals surface area contributed by atoms with Gasteiger partial charge >= 0.3 is 6.09 Å². The number of hydrogen-bond donors (Lipinski definition) is 1. The fraction of sp³-hybridized carbons (Fsp3) is 0.455. The van der Waals surface area contributed by atoms with Crippen molar-refractivity contribution in [2.24, 2.45) is 5.10 Å². The molecule has 1 aromatic rings. The molecule has 1 rings (SSSR count). The van der Waals surface area contributed by atoms with Crippen LogP contribution >= 0.6 is 11.3 Å². The summed E-state index contributed by atoms with van der Waals surface area (Å²) < 4.78 is 0. The lowest BCUT2D eigenvalue weighted by Crippen LogP contribution is -2.41. The van der Waals surface area contributed by atoms with Crippen molar-refractivity contribution in [3.63, 3.8) is 0 Å². The molecule has 0 bridgehead atoms. The van der Waals surface area contributed by atoms with E-state index >= 15 is 0 Å². The molecule has 1 heterocycles. The Morgan fingerprint density at radius 2 is 2.19 bits per heavy atom. The van der Waals surface area contributed by atoms with Crippen LogP contribution in [0.1, 0.15) is 31.2 Å². The van der Waals surface area contributed by atoms with Gasteiger partial charge in [0.1, 0.15) is 0 Å². The van der Waals surface area contributed by atoms with E-state index in [2.05, 4.69) is 5.10 Å². The normalized spacial score (nSPS) is 12.0. The van der Waals surface area contributed by atoms with Crippen LogP contribution in [-0.2, 0) is 0 Å². The molecule has 4 nitrogen and oxygen atoms in total. The van der Waals surface area contributed by atoms with Crippen molar-refractivity contribution in [1.82, 2.24) is 5.01 Å².